The minimum Gasteiger partial charge on any atom is -0.458 e. The molecule has 1 aromatic carbocycles. The van der Waals surface area contributed by atoms with Gasteiger partial charge in [0.2, 0.25) is 0 Å². The van der Waals surface area contributed by atoms with Gasteiger partial charge in [-0.15, -0.1) is 11.3 Å². The zero-order chi connectivity index (χ0) is 44.2. The van der Waals surface area contributed by atoms with E-state index in [2.05, 4.69) is 37.8 Å². The first kappa shape index (κ1) is 46.4. The Balaban J connectivity index is 1.38. The van der Waals surface area contributed by atoms with E-state index in [1.165, 1.54) is 11.3 Å². The molecule has 6 rings (SSSR count). The van der Waals surface area contributed by atoms with E-state index in [9.17, 15) is 19.5 Å². The number of fused-ring (bicyclic) bond motifs is 1. The molecule has 61 heavy (non-hydrogen) atoms. The fourth-order valence-corrected chi connectivity index (χ4v) is 10.8. The number of carbonyl (C=O) groups is 3. The predicted octanol–water partition coefficient (Wildman–Crippen LogP) is 6.73. The number of amides is 1. The maximum absolute atomic E-state index is 14.7. The molecule has 13 atom stereocenters. The van der Waals surface area contributed by atoms with Gasteiger partial charge < -0.3 is 33.8 Å². The van der Waals surface area contributed by atoms with Crippen molar-refractivity contribution >= 4 is 41.1 Å². The molecule has 2 aromatic rings. The minimum atomic E-state index is -1.18. The summed E-state index contributed by atoms with van der Waals surface area (Å²) in [5.74, 6) is 3.29. The van der Waals surface area contributed by atoms with Gasteiger partial charge >= 0.3 is 12.1 Å². The van der Waals surface area contributed by atoms with E-state index in [4.69, 9.17) is 28.8 Å². The molecule has 2 bridgehead atoms. The number of thiophene rings is 1. The Labute approximate surface area is 365 Å². The third-order valence-electron chi connectivity index (χ3n) is 13.2. The maximum atomic E-state index is 14.7. The van der Waals surface area contributed by atoms with E-state index in [1.54, 1.807) is 25.0 Å². The largest absolute Gasteiger partial charge is 0.458 e. The van der Waals surface area contributed by atoms with Crippen LogP contribution in [0.25, 0.3) is 0 Å². The van der Waals surface area contributed by atoms with Gasteiger partial charge in [0.15, 0.2) is 17.7 Å². The zero-order valence-corrected chi connectivity index (χ0v) is 38.1. The van der Waals surface area contributed by atoms with E-state index in [0.29, 0.717) is 45.4 Å². The summed E-state index contributed by atoms with van der Waals surface area (Å²) in [6, 6.07) is 13.0. The molecule has 3 fully saturated rings. The van der Waals surface area contributed by atoms with Crippen LogP contribution in [0.4, 0.5) is 4.79 Å². The van der Waals surface area contributed by atoms with Crippen LogP contribution in [0.15, 0.2) is 52.6 Å². The highest BCUT2D eigenvalue weighted by molar-refractivity contribution is 7.14. The van der Waals surface area contributed by atoms with E-state index in [0.717, 1.165) is 21.0 Å². The quantitative estimate of drug-likeness (QED) is 0.0947. The maximum Gasteiger partial charge on any atom is 0.410 e. The van der Waals surface area contributed by atoms with Crippen LogP contribution in [0.3, 0.4) is 0 Å². The van der Waals surface area contributed by atoms with Crippen molar-refractivity contribution in [2.24, 2.45) is 39.2 Å². The fraction of sp³-hybridized carbons (Fsp3) is 0.638. The van der Waals surface area contributed by atoms with Gasteiger partial charge in [-0.05, 0) is 77.7 Å². The van der Waals surface area contributed by atoms with Gasteiger partial charge in [-0.1, -0.05) is 81.9 Å². The molecular formula is C47H64N4O9S. The summed E-state index contributed by atoms with van der Waals surface area (Å²) in [5, 5.41) is 15.9. The van der Waals surface area contributed by atoms with Crippen LogP contribution < -0.4 is 0 Å². The number of rotatable bonds is 9. The number of esters is 1. The summed E-state index contributed by atoms with van der Waals surface area (Å²) in [4.78, 5) is 58.3. The number of carbonyl (C=O) groups excluding carboxylic acids is 3. The third-order valence-corrected chi connectivity index (χ3v) is 14.1. The summed E-state index contributed by atoms with van der Waals surface area (Å²) >= 11 is 1.48. The number of aliphatic hydroxyl groups is 1. The zero-order valence-electron chi connectivity index (χ0n) is 37.3. The van der Waals surface area contributed by atoms with Crippen molar-refractivity contribution < 1.29 is 43.3 Å². The van der Waals surface area contributed by atoms with Crippen LogP contribution in [0.5, 0.6) is 0 Å². The van der Waals surface area contributed by atoms with Gasteiger partial charge in [-0.3, -0.25) is 19.5 Å². The second-order valence-electron chi connectivity index (χ2n) is 18.1. The highest BCUT2D eigenvalue weighted by Crippen LogP contribution is 2.46. The Morgan fingerprint density at radius 2 is 1.80 bits per heavy atom. The Bertz CT molecular complexity index is 1990. The first-order valence-electron chi connectivity index (χ1n) is 21.7. The second-order valence-corrected chi connectivity index (χ2v) is 19.2. The van der Waals surface area contributed by atoms with E-state index in [-0.39, 0.29) is 29.8 Å². The molecule has 332 valence electrons. The molecule has 0 radical (unpaired) electrons. The summed E-state index contributed by atoms with van der Waals surface area (Å²) in [7, 11) is 3.83. The SMILES string of the molecule is CC[C@H]1OC(=O)[C@H](C)C(=O)[C@H](C)[C@@H](O[C@@H]2O[C@H](C)C[C@H](N(C)C)[C@H]2O)[C@@](C)(CC#Cc2ccc(/C=N/OCc3ccccc3)s2)C[C@@H](C)C2=NCCN3C(=O)O[C@@]1(C)[C@H]3[C@H]2C. The number of cyclic esters (lactones) is 1. The molecule has 1 N–H and O–H groups in total. The van der Waals surface area contributed by atoms with Crippen LogP contribution in [0.1, 0.15) is 96.4 Å². The molecule has 4 aliphatic rings. The number of ether oxygens (including phenoxy) is 4. The molecule has 0 saturated carbocycles. The highest BCUT2D eigenvalue weighted by Gasteiger charge is 2.60. The molecule has 13 nitrogen and oxygen atoms in total. The predicted molar refractivity (Wildman–Crippen MR) is 234 cm³/mol. The van der Waals surface area contributed by atoms with Crippen molar-refractivity contribution in [3.8, 4) is 11.8 Å². The van der Waals surface area contributed by atoms with Crippen molar-refractivity contribution in [2.75, 3.05) is 27.2 Å². The number of hydrogen-bond donors (Lipinski definition) is 1. The molecule has 1 aromatic heterocycles. The molecule has 0 aliphatic carbocycles. The van der Waals surface area contributed by atoms with Crippen LogP contribution >= 0.6 is 11.3 Å². The molecule has 14 heteroatoms. The van der Waals surface area contributed by atoms with E-state index >= 15 is 0 Å². The number of aliphatic hydroxyl groups excluding tert-OH is 1. The van der Waals surface area contributed by atoms with Gasteiger partial charge in [-0.2, -0.15) is 0 Å². The lowest BCUT2D eigenvalue weighted by Gasteiger charge is -2.47. The number of benzene rings is 1. The molecule has 0 spiro atoms. The average Bonchev–Trinajstić information content (AvgIpc) is 3.72. The molecule has 5 heterocycles. The molecular weight excluding hydrogens is 797 g/mol. The van der Waals surface area contributed by atoms with Crippen LogP contribution in [-0.2, 0) is 40.0 Å². The van der Waals surface area contributed by atoms with Crippen molar-refractivity contribution in [1.82, 2.24) is 9.80 Å². The second kappa shape index (κ2) is 19.5. The molecule has 3 saturated heterocycles. The van der Waals surface area contributed by atoms with Crippen LogP contribution in [0.2, 0.25) is 0 Å². The first-order chi connectivity index (χ1) is 29.0. The third kappa shape index (κ3) is 10.1. The molecule has 4 aliphatic heterocycles. The van der Waals surface area contributed by atoms with Crippen LogP contribution in [0, 0.1) is 40.9 Å². The Hall–Kier alpha value is -4.13. The van der Waals surface area contributed by atoms with Crippen molar-refractivity contribution in [3.63, 3.8) is 0 Å². The number of Topliss-reactive ketones (excluding diaryl/α,β-unsaturated/α-hetero) is 1. The number of ketones is 1. The first-order valence-corrected chi connectivity index (χ1v) is 22.5. The average molecular weight is 861 g/mol. The van der Waals surface area contributed by atoms with Crippen molar-refractivity contribution in [2.45, 2.75) is 136 Å². The summed E-state index contributed by atoms with van der Waals surface area (Å²) < 4.78 is 25.6. The van der Waals surface area contributed by atoms with Crippen LogP contribution in [-0.4, -0.2) is 120 Å². The van der Waals surface area contributed by atoms with Crippen molar-refractivity contribution in [3.05, 3.63) is 57.8 Å². The number of nitrogens with zero attached hydrogens (tertiary/aromatic N) is 4. The molecule has 1 amide bonds. The lowest BCUT2D eigenvalue weighted by molar-refractivity contribution is -0.286. The van der Waals surface area contributed by atoms with Gasteiger partial charge in [-0.25, -0.2) is 4.79 Å². The lowest BCUT2D eigenvalue weighted by atomic mass is 9.66. The smallest absolute Gasteiger partial charge is 0.410 e. The normalized spacial score (nSPS) is 36.1. The monoisotopic (exact) mass is 860 g/mol. The van der Waals surface area contributed by atoms with Gasteiger partial charge in [0, 0.05) is 46.8 Å². The van der Waals surface area contributed by atoms with Gasteiger partial charge in [0.05, 0.1) is 35.9 Å². The Morgan fingerprint density at radius 1 is 1.07 bits per heavy atom. The lowest BCUT2D eigenvalue weighted by Crippen LogP contribution is -2.58. The minimum absolute atomic E-state index is 0.163. The van der Waals surface area contributed by atoms with Gasteiger partial charge in [0.1, 0.15) is 24.7 Å². The standard InChI is InChI=1S/C47H64N4O9S/c1-11-37-47(8)41-30(4)38(48-22-23-51(41)45(55)60-47)28(2)25-46(7,21-15-18-34-19-20-35(61-34)26-49-56-27-33-16-13-12-14-17-33)42(31(5)39(52)32(6)43(54)58-37)59-44-40(53)36(50(9)10)24-29(3)57-44/h12-14,16-17,19-20,26,28-32,36-37,40-42,44,53H,11,21-25,27H2,1-10H3/b49-26+/t28-,29-,30+,31+,32-,36+,37-,40-,41-,42-,44+,46+,47-/m1/s1. The Morgan fingerprint density at radius 3 is 2.51 bits per heavy atom. The van der Waals surface area contributed by atoms with E-state index in [1.807, 2.05) is 82.2 Å². The topological polar surface area (TPSA) is 149 Å². The number of aliphatic imine (C=N–C) groups is 1. The number of likely N-dealkylation sites (N-methyl/N-ethyl adjacent to an activating group) is 1. The fourth-order valence-electron chi connectivity index (χ4n) is 10.1. The van der Waals surface area contributed by atoms with Gasteiger partial charge in [0.25, 0.3) is 0 Å². The van der Waals surface area contributed by atoms with E-state index < -0.39 is 65.6 Å². The highest BCUT2D eigenvalue weighted by atomic mass is 32.1. The number of oxime groups is 1. The summed E-state index contributed by atoms with van der Waals surface area (Å²) in [6.07, 6.45) is -1.02. The Kier molecular flexibility index (Phi) is 14.8. The molecule has 0 unspecified atom stereocenters. The summed E-state index contributed by atoms with van der Waals surface area (Å²) in [5.41, 5.74) is -0.106. The number of hydrogen-bond acceptors (Lipinski definition) is 13. The van der Waals surface area contributed by atoms with Crippen molar-refractivity contribution in [1.29, 1.82) is 0 Å². The summed E-state index contributed by atoms with van der Waals surface area (Å²) in [6.45, 7) is 16.4.